The van der Waals surface area contributed by atoms with Gasteiger partial charge in [0.2, 0.25) is 0 Å². The molecule has 0 atom stereocenters. The predicted molar refractivity (Wildman–Crippen MR) is 138 cm³/mol. The summed E-state index contributed by atoms with van der Waals surface area (Å²) >= 11 is 0. The van der Waals surface area contributed by atoms with E-state index < -0.39 is 0 Å². The Hall–Kier alpha value is -4.03. The van der Waals surface area contributed by atoms with Crippen LogP contribution in [0.25, 0.3) is 11.3 Å². The maximum Gasteiger partial charge on any atom is 0.255 e. The topological polar surface area (TPSA) is 45.7 Å². The van der Waals surface area contributed by atoms with E-state index in [4.69, 9.17) is 4.74 Å². The molecule has 5 rings (SSSR count). The van der Waals surface area contributed by atoms with Crippen molar-refractivity contribution in [2.45, 2.75) is 13.2 Å². The minimum absolute atomic E-state index is 0.000132. The number of hydrogen-bond acceptors (Lipinski definition) is 4. The summed E-state index contributed by atoms with van der Waals surface area (Å²) in [6.45, 7) is 4.17. The van der Waals surface area contributed by atoms with Gasteiger partial charge in [0.25, 0.3) is 5.91 Å². The van der Waals surface area contributed by atoms with Crippen molar-refractivity contribution in [2.24, 2.45) is 0 Å². The Morgan fingerprint density at radius 1 is 0.806 bits per heavy atom. The molecule has 0 N–H and O–H groups in total. The largest absolute Gasteiger partial charge is 0.489 e. The van der Waals surface area contributed by atoms with Crippen molar-refractivity contribution >= 4 is 5.91 Å². The number of nitrogens with zero attached hydrogens (tertiary/aromatic N) is 3. The van der Waals surface area contributed by atoms with Gasteiger partial charge in [0.15, 0.2) is 0 Å². The summed E-state index contributed by atoms with van der Waals surface area (Å²) in [5.74, 6) is 0.576. The van der Waals surface area contributed by atoms with E-state index in [1.807, 2.05) is 83.8 Å². The lowest BCUT2D eigenvalue weighted by atomic mass is 10.1. The molecular weight excluding hydrogens is 453 g/mol. The number of carbonyl (C=O) groups is 1. The van der Waals surface area contributed by atoms with E-state index in [0.717, 1.165) is 47.8 Å². The van der Waals surface area contributed by atoms with Crippen LogP contribution in [0.3, 0.4) is 0 Å². The van der Waals surface area contributed by atoms with Crippen LogP contribution >= 0.6 is 0 Å². The molecule has 1 saturated heterocycles. The monoisotopic (exact) mass is 481 g/mol. The highest BCUT2D eigenvalue weighted by atomic mass is 19.1. The van der Waals surface area contributed by atoms with E-state index in [2.05, 4.69) is 9.88 Å². The maximum atomic E-state index is 13.1. The van der Waals surface area contributed by atoms with Crippen LogP contribution in [-0.4, -0.2) is 46.9 Å². The van der Waals surface area contributed by atoms with Crippen LogP contribution in [0.15, 0.2) is 97.2 Å². The van der Waals surface area contributed by atoms with Crippen molar-refractivity contribution in [1.29, 1.82) is 0 Å². The molecular formula is C30H28FN3O2. The third-order valence-electron chi connectivity index (χ3n) is 6.39. The molecule has 1 amide bonds. The summed E-state index contributed by atoms with van der Waals surface area (Å²) in [5.41, 5.74) is 4.57. The van der Waals surface area contributed by atoms with Gasteiger partial charge in [-0.3, -0.25) is 14.7 Å². The molecule has 1 aliphatic heterocycles. The normalized spacial score (nSPS) is 14.0. The molecule has 0 aliphatic carbocycles. The van der Waals surface area contributed by atoms with Crippen molar-refractivity contribution in [2.75, 3.05) is 26.2 Å². The fraction of sp³-hybridized carbons (Fsp3) is 0.200. The van der Waals surface area contributed by atoms with Crippen molar-refractivity contribution in [3.63, 3.8) is 0 Å². The van der Waals surface area contributed by atoms with Gasteiger partial charge in [0.1, 0.15) is 18.2 Å². The molecule has 2 heterocycles. The highest BCUT2D eigenvalue weighted by molar-refractivity contribution is 5.94. The summed E-state index contributed by atoms with van der Waals surface area (Å²) in [6.07, 6.45) is 1.66. The molecule has 4 aromatic rings. The van der Waals surface area contributed by atoms with E-state index >= 15 is 0 Å². The number of halogens is 1. The van der Waals surface area contributed by atoms with Crippen LogP contribution in [0, 0.1) is 5.82 Å². The van der Waals surface area contributed by atoms with Gasteiger partial charge in [-0.1, -0.05) is 42.5 Å². The number of pyridine rings is 1. The number of hydrogen-bond donors (Lipinski definition) is 0. The van der Waals surface area contributed by atoms with E-state index in [9.17, 15) is 9.18 Å². The molecule has 3 aromatic carbocycles. The zero-order chi connectivity index (χ0) is 24.7. The third-order valence-corrected chi connectivity index (χ3v) is 6.39. The second-order valence-corrected chi connectivity index (χ2v) is 8.93. The molecule has 36 heavy (non-hydrogen) atoms. The lowest BCUT2D eigenvalue weighted by molar-refractivity contribution is 0.0628. The minimum atomic E-state index is -0.223. The molecule has 5 nitrogen and oxygen atoms in total. The Morgan fingerprint density at radius 3 is 2.19 bits per heavy atom. The minimum Gasteiger partial charge on any atom is -0.489 e. The summed E-state index contributed by atoms with van der Waals surface area (Å²) in [6, 6.07) is 28.2. The van der Waals surface area contributed by atoms with Crippen LogP contribution in [0.1, 0.15) is 21.5 Å². The number of rotatable bonds is 7. The zero-order valence-corrected chi connectivity index (χ0v) is 20.0. The molecule has 0 radical (unpaired) electrons. The standard InChI is InChI=1S/C30H28FN3O2/c31-27-11-6-23(7-12-27)21-33-16-18-34(19-17-33)30(35)26-10-15-29(32-20-26)25-8-13-28(14-9-25)36-22-24-4-2-1-3-5-24/h1-15,20H,16-19,21-22H2. The van der Waals surface area contributed by atoms with Gasteiger partial charge in [-0.15, -0.1) is 0 Å². The van der Waals surface area contributed by atoms with Gasteiger partial charge in [-0.2, -0.15) is 0 Å². The Morgan fingerprint density at radius 2 is 1.53 bits per heavy atom. The Labute approximate surface area is 210 Å². The zero-order valence-electron chi connectivity index (χ0n) is 20.0. The Kier molecular flexibility index (Phi) is 7.33. The maximum absolute atomic E-state index is 13.1. The summed E-state index contributed by atoms with van der Waals surface area (Å²) in [5, 5.41) is 0. The highest BCUT2D eigenvalue weighted by Crippen LogP contribution is 2.22. The van der Waals surface area contributed by atoms with Crippen molar-refractivity contribution in [3.05, 3.63) is 120 Å². The quantitative estimate of drug-likeness (QED) is 0.353. The molecule has 1 aliphatic rings. The first-order valence-corrected chi connectivity index (χ1v) is 12.1. The van der Waals surface area contributed by atoms with Crippen LogP contribution < -0.4 is 4.74 Å². The smallest absolute Gasteiger partial charge is 0.255 e. The van der Waals surface area contributed by atoms with Gasteiger partial charge >= 0.3 is 0 Å². The predicted octanol–water partition coefficient (Wildman–Crippen LogP) is 5.42. The first kappa shape index (κ1) is 23.7. The second-order valence-electron chi connectivity index (χ2n) is 8.93. The number of benzene rings is 3. The van der Waals surface area contributed by atoms with E-state index in [1.165, 1.54) is 12.1 Å². The van der Waals surface area contributed by atoms with Crippen molar-refractivity contribution < 1.29 is 13.9 Å². The molecule has 6 heteroatoms. The van der Waals surface area contributed by atoms with Crippen molar-refractivity contribution in [1.82, 2.24) is 14.8 Å². The van der Waals surface area contributed by atoms with E-state index in [-0.39, 0.29) is 11.7 Å². The van der Waals surface area contributed by atoms with Gasteiger partial charge in [-0.05, 0) is 59.7 Å². The van der Waals surface area contributed by atoms with Crippen molar-refractivity contribution in [3.8, 4) is 17.0 Å². The second kappa shape index (κ2) is 11.1. The number of ether oxygens (including phenoxy) is 1. The lowest BCUT2D eigenvalue weighted by Crippen LogP contribution is -2.48. The van der Waals surface area contributed by atoms with Crippen LogP contribution in [0.4, 0.5) is 4.39 Å². The first-order valence-electron chi connectivity index (χ1n) is 12.1. The van der Waals surface area contributed by atoms with Crippen LogP contribution in [0.5, 0.6) is 5.75 Å². The molecule has 0 spiro atoms. The van der Waals surface area contributed by atoms with E-state index in [1.54, 1.807) is 6.20 Å². The first-order chi connectivity index (χ1) is 17.6. The average Bonchev–Trinajstić information content (AvgIpc) is 2.94. The SMILES string of the molecule is O=C(c1ccc(-c2ccc(OCc3ccccc3)cc2)nc1)N1CCN(Cc2ccc(F)cc2)CC1. The molecule has 182 valence electrons. The number of amides is 1. The summed E-state index contributed by atoms with van der Waals surface area (Å²) < 4.78 is 19.0. The molecule has 0 bridgehead atoms. The molecule has 1 fully saturated rings. The van der Waals surface area contributed by atoms with Gasteiger partial charge in [0.05, 0.1) is 11.3 Å². The fourth-order valence-corrected chi connectivity index (χ4v) is 4.29. The van der Waals surface area contributed by atoms with Gasteiger partial charge in [0, 0.05) is 44.5 Å². The Balaban J connectivity index is 1.13. The third kappa shape index (κ3) is 5.96. The number of carbonyl (C=O) groups excluding carboxylic acids is 1. The van der Waals surface area contributed by atoms with Gasteiger partial charge in [-0.25, -0.2) is 4.39 Å². The highest BCUT2D eigenvalue weighted by Gasteiger charge is 2.22. The van der Waals surface area contributed by atoms with Crippen LogP contribution in [0.2, 0.25) is 0 Å². The fourth-order valence-electron chi connectivity index (χ4n) is 4.29. The summed E-state index contributed by atoms with van der Waals surface area (Å²) in [4.78, 5) is 21.7. The molecule has 0 unspecified atom stereocenters. The number of aromatic nitrogens is 1. The lowest BCUT2D eigenvalue weighted by Gasteiger charge is -2.34. The summed E-state index contributed by atoms with van der Waals surface area (Å²) in [7, 11) is 0. The van der Waals surface area contributed by atoms with Gasteiger partial charge < -0.3 is 9.64 Å². The average molecular weight is 482 g/mol. The molecule has 0 saturated carbocycles. The van der Waals surface area contributed by atoms with Crippen LogP contribution in [-0.2, 0) is 13.2 Å². The Bertz CT molecular complexity index is 1270. The molecule has 1 aromatic heterocycles. The number of piperazine rings is 1. The van der Waals surface area contributed by atoms with E-state index in [0.29, 0.717) is 25.3 Å².